The van der Waals surface area contributed by atoms with E-state index in [-0.39, 0.29) is 5.82 Å². The monoisotopic (exact) mass is 339 g/mol. The van der Waals surface area contributed by atoms with Crippen LogP contribution in [0.25, 0.3) is 0 Å². The van der Waals surface area contributed by atoms with Crippen molar-refractivity contribution in [2.24, 2.45) is 0 Å². The van der Waals surface area contributed by atoms with Gasteiger partial charge in [0, 0.05) is 12.1 Å². The molecule has 0 atom stereocenters. The number of aryl methyl sites for hydroxylation is 1. The summed E-state index contributed by atoms with van der Waals surface area (Å²) >= 11 is 0. The molecule has 0 radical (unpaired) electrons. The first-order valence-corrected chi connectivity index (χ1v) is 7.74. The maximum Gasteiger partial charge on any atom is 0.249 e. The van der Waals surface area contributed by atoms with Crippen molar-refractivity contribution in [3.05, 3.63) is 65.6 Å². The third kappa shape index (κ3) is 4.20. The zero-order valence-corrected chi connectivity index (χ0v) is 14.0. The van der Waals surface area contributed by atoms with E-state index in [9.17, 15) is 4.39 Å². The fourth-order valence-corrected chi connectivity index (χ4v) is 2.31. The molecule has 7 heteroatoms. The minimum atomic E-state index is -0.264. The predicted octanol–water partition coefficient (Wildman–Crippen LogP) is 3.68. The van der Waals surface area contributed by atoms with Gasteiger partial charge in [0.25, 0.3) is 0 Å². The Morgan fingerprint density at radius 3 is 2.80 bits per heavy atom. The van der Waals surface area contributed by atoms with Gasteiger partial charge in [0.15, 0.2) is 5.82 Å². The van der Waals surface area contributed by atoms with Crippen LogP contribution in [0, 0.1) is 12.7 Å². The Balaban J connectivity index is 1.74. The lowest BCUT2D eigenvalue weighted by Gasteiger charge is -2.11. The van der Waals surface area contributed by atoms with Gasteiger partial charge >= 0.3 is 0 Å². The van der Waals surface area contributed by atoms with Crippen molar-refractivity contribution in [2.45, 2.75) is 13.5 Å². The average molecular weight is 339 g/mol. The predicted molar refractivity (Wildman–Crippen MR) is 94.6 cm³/mol. The number of halogens is 1. The van der Waals surface area contributed by atoms with Gasteiger partial charge in [-0.2, -0.15) is 10.1 Å². The number of nitrogens with zero attached hydrogens (tertiary/aromatic N) is 3. The molecule has 0 saturated carbocycles. The molecular weight excluding hydrogens is 321 g/mol. The van der Waals surface area contributed by atoms with E-state index in [0.29, 0.717) is 29.6 Å². The van der Waals surface area contributed by atoms with Crippen molar-refractivity contribution in [3.63, 3.8) is 0 Å². The number of nitrogens with one attached hydrogen (secondary N) is 2. The second kappa shape index (κ2) is 7.57. The summed E-state index contributed by atoms with van der Waals surface area (Å²) < 4.78 is 19.0. The van der Waals surface area contributed by atoms with Gasteiger partial charge in [-0.25, -0.2) is 4.39 Å². The molecule has 0 fully saturated rings. The first-order valence-electron chi connectivity index (χ1n) is 7.74. The molecule has 1 heterocycles. The summed E-state index contributed by atoms with van der Waals surface area (Å²) in [6, 6.07) is 12.3. The highest BCUT2D eigenvalue weighted by atomic mass is 19.1. The number of hydrogen-bond acceptors (Lipinski definition) is 6. The average Bonchev–Trinajstić information content (AvgIpc) is 2.62. The molecule has 0 saturated heterocycles. The summed E-state index contributed by atoms with van der Waals surface area (Å²) in [7, 11) is 1.60. The van der Waals surface area contributed by atoms with Crippen LogP contribution in [0.1, 0.15) is 11.1 Å². The molecule has 0 spiro atoms. The fourth-order valence-electron chi connectivity index (χ4n) is 2.31. The molecule has 1 aromatic heterocycles. The van der Waals surface area contributed by atoms with Gasteiger partial charge in [0.1, 0.15) is 11.6 Å². The zero-order valence-electron chi connectivity index (χ0n) is 14.0. The molecule has 0 aliphatic heterocycles. The summed E-state index contributed by atoms with van der Waals surface area (Å²) in [4.78, 5) is 4.34. The number of ether oxygens (including phenoxy) is 1. The molecule has 3 aromatic rings. The Kier molecular flexibility index (Phi) is 5.03. The van der Waals surface area contributed by atoms with Gasteiger partial charge < -0.3 is 15.4 Å². The maximum absolute atomic E-state index is 13.7. The number of rotatable bonds is 6. The number of methoxy groups -OCH3 is 1. The van der Waals surface area contributed by atoms with E-state index < -0.39 is 0 Å². The summed E-state index contributed by atoms with van der Waals surface area (Å²) in [5.41, 5.74) is 2.37. The number of hydrogen-bond donors (Lipinski definition) is 2. The number of aromatic nitrogens is 3. The Labute approximate surface area is 145 Å². The number of benzene rings is 2. The lowest BCUT2D eigenvalue weighted by Crippen LogP contribution is -2.07. The van der Waals surface area contributed by atoms with Gasteiger partial charge in [-0.15, -0.1) is 5.10 Å². The van der Waals surface area contributed by atoms with Crippen molar-refractivity contribution < 1.29 is 9.13 Å². The summed E-state index contributed by atoms with van der Waals surface area (Å²) in [6.45, 7) is 2.29. The van der Waals surface area contributed by atoms with Crippen molar-refractivity contribution in [1.29, 1.82) is 0 Å². The minimum Gasteiger partial charge on any atom is -0.495 e. The van der Waals surface area contributed by atoms with Crippen molar-refractivity contribution in [2.75, 3.05) is 17.7 Å². The van der Waals surface area contributed by atoms with Crippen LogP contribution in [0.3, 0.4) is 0 Å². The highest BCUT2D eigenvalue weighted by Crippen LogP contribution is 2.27. The standard InChI is InChI=1S/C18H18FN5O/c1-12-7-8-16(25-2)15(9-12)22-18-23-17(11-21-24-18)20-10-13-5-3-4-6-14(13)19/h3-9,11H,10H2,1-2H3,(H2,20,22,23,24). The summed E-state index contributed by atoms with van der Waals surface area (Å²) in [5.74, 6) is 1.23. The van der Waals surface area contributed by atoms with Gasteiger partial charge in [-0.3, -0.25) is 0 Å². The largest absolute Gasteiger partial charge is 0.495 e. The SMILES string of the molecule is COc1ccc(C)cc1Nc1nncc(NCc2ccccc2F)n1. The molecule has 3 rings (SSSR count). The third-order valence-electron chi connectivity index (χ3n) is 3.58. The fraction of sp³-hybridized carbons (Fsp3) is 0.167. The van der Waals surface area contributed by atoms with Crippen molar-refractivity contribution in [1.82, 2.24) is 15.2 Å². The molecule has 0 amide bonds. The molecule has 2 N–H and O–H groups in total. The molecular formula is C18H18FN5O. The van der Waals surface area contributed by atoms with Crippen LogP contribution in [0.5, 0.6) is 5.75 Å². The van der Waals surface area contributed by atoms with Crippen LogP contribution in [0.4, 0.5) is 21.8 Å². The molecule has 25 heavy (non-hydrogen) atoms. The highest BCUT2D eigenvalue weighted by molar-refractivity contribution is 5.63. The molecule has 2 aromatic carbocycles. The van der Waals surface area contributed by atoms with E-state index >= 15 is 0 Å². The zero-order chi connectivity index (χ0) is 17.6. The molecule has 0 unspecified atom stereocenters. The number of anilines is 3. The Hall–Kier alpha value is -3.22. The topological polar surface area (TPSA) is 72.0 Å². The van der Waals surface area contributed by atoms with Gasteiger partial charge in [-0.05, 0) is 30.7 Å². The van der Waals surface area contributed by atoms with Crippen LogP contribution in [-0.4, -0.2) is 22.3 Å². The van der Waals surface area contributed by atoms with Crippen LogP contribution in [0.15, 0.2) is 48.7 Å². The second-order valence-electron chi connectivity index (χ2n) is 5.44. The maximum atomic E-state index is 13.7. The van der Waals surface area contributed by atoms with Crippen LogP contribution < -0.4 is 15.4 Å². The smallest absolute Gasteiger partial charge is 0.249 e. The van der Waals surface area contributed by atoms with Crippen LogP contribution in [0.2, 0.25) is 0 Å². The van der Waals surface area contributed by atoms with Gasteiger partial charge in [-0.1, -0.05) is 24.3 Å². The molecule has 0 bridgehead atoms. The minimum absolute atomic E-state index is 0.264. The molecule has 6 nitrogen and oxygen atoms in total. The van der Waals surface area contributed by atoms with Gasteiger partial charge in [0.05, 0.1) is 19.0 Å². The van der Waals surface area contributed by atoms with E-state index in [4.69, 9.17) is 4.74 Å². The van der Waals surface area contributed by atoms with Crippen LogP contribution in [-0.2, 0) is 6.54 Å². The quantitative estimate of drug-likeness (QED) is 0.714. The lowest BCUT2D eigenvalue weighted by molar-refractivity contribution is 0.416. The lowest BCUT2D eigenvalue weighted by atomic mass is 10.2. The normalized spacial score (nSPS) is 10.4. The highest BCUT2D eigenvalue weighted by Gasteiger charge is 2.07. The third-order valence-corrected chi connectivity index (χ3v) is 3.58. The van der Waals surface area contributed by atoms with Crippen LogP contribution >= 0.6 is 0 Å². The van der Waals surface area contributed by atoms with E-state index in [1.54, 1.807) is 25.3 Å². The molecule has 0 aliphatic rings. The summed E-state index contributed by atoms with van der Waals surface area (Å²) in [5, 5.41) is 14.0. The molecule has 0 aliphatic carbocycles. The van der Waals surface area contributed by atoms with Crippen molar-refractivity contribution >= 4 is 17.5 Å². The Morgan fingerprint density at radius 2 is 2.00 bits per heavy atom. The van der Waals surface area contributed by atoms with Crippen molar-refractivity contribution in [3.8, 4) is 5.75 Å². The Morgan fingerprint density at radius 1 is 1.16 bits per heavy atom. The van der Waals surface area contributed by atoms with E-state index in [2.05, 4.69) is 25.8 Å². The molecule has 128 valence electrons. The van der Waals surface area contributed by atoms with Gasteiger partial charge in [0.2, 0.25) is 5.95 Å². The van der Waals surface area contributed by atoms with E-state index in [0.717, 1.165) is 11.3 Å². The Bertz CT molecular complexity index is 872. The van der Waals surface area contributed by atoms with E-state index in [1.165, 1.54) is 12.3 Å². The van der Waals surface area contributed by atoms with E-state index in [1.807, 2.05) is 25.1 Å². The second-order valence-corrected chi connectivity index (χ2v) is 5.44. The first-order chi connectivity index (χ1) is 12.2. The first kappa shape index (κ1) is 16.6. The summed E-state index contributed by atoms with van der Waals surface area (Å²) in [6.07, 6.45) is 1.49.